The molecule has 1 aliphatic heterocycles. The first-order chi connectivity index (χ1) is 7.69. The molecule has 0 amide bonds. The second kappa shape index (κ2) is 4.97. The quantitative estimate of drug-likeness (QED) is 0.831. The van der Waals surface area contributed by atoms with E-state index in [2.05, 4.69) is 23.1 Å². The summed E-state index contributed by atoms with van der Waals surface area (Å²) in [7, 11) is 0. The Labute approximate surface area is 96.9 Å². The van der Waals surface area contributed by atoms with Gasteiger partial charge in [-0.05, 0) is 32.7 Å². The van der Waals surface area contributed by atoms with Crippen molar-refractivity contribution >= 4 is 0 Å². The number of hydrogen-bond acceptors (Lipinski definition) is 3. The molecule has 0 saturated carbocycles. The van der Waals surface area contributed by atoms with Crippen molar-refractivity contribution in [1.29, 1.82) is 0 Å². The molecular weight excluding hydrogens is 202 g/mol. The fourth-order valence-corrected chi connectivity index (χ4v) is 2.32. The van der Waals surface area contributed by atoms with E-state index >= 15 is 0 Å². The first kappa shape index (κ1) is 11.6. The van der Waals surface area contributed by atoms with E-state index < -0.39 is 0 Å². The average molecular weight is 223 g/mol. The lowest BCUT2D eigenvalue weighted by atomic mass is 10.0. The minimum Gasteiger partial charge on any atom is -0.393 e. The molecule has 0 bridgehead atoms. The summed E-state index contributed by atoms with van der Waals surface area (Å²) < 4.78 is 1.96. The highest BCUT2D eigenvalue weighted by Gasteiger charge is 2.25. The van der Waals surface area contributed by atoms with Gasteiger partial charge in [0.2, 0.25) is 0 Å². The molecule has 2 atom stereocenters. The van der Waals surface area contributed by atoms with Crippen molar-refractivity contribution in [1.82, 2.24) is 14.7 Å². The number of hydrogen-bond donors (Lipinski definition) is 1. The molecule has 0 radical (unpaired) electrons. The van der Waals surface area contributed by atoms with Crippen LogP contribution in [0.2, 0.25) is 0 Å². The molecule has 2 heterocycles. The SMILES string of the molecule is CCn1cc(CN2CCC(C(C)O)C2)cn1. The van der Waals surface area contributed by atoms with Gasteiger partial charge in [0.05, 0.1) is 12.3 Å². The molecule has 0 aromatic carbocycles. The van der Waals surface area contributed by atoms with Crippen LogP contribution in [0.5, 0.6) is 0 Å². The maximum atomic E-state index is 9.54. The number of aliphatic hydroxyl groups is 1. The Balaban J connectivity index is 1.87. The van der Waals surface area contributed by atoms with Gasteiger partial charge in [-0.3, -0.25) is 9.58 Å². The van der Waals surface area contributed by atoms with Crippen LogP contribution in [0.3, 0.4) is 0 Å². The average Bonchev–Trinajstić information content (AvgIpc) is 2.87. The fourth-order valence-electron chi connectivity index (χ4n) is 2.32. The molecular formula is C12H21N3O. The lowest BCUT2D eigenvalue weighted by Gasteiger charge is -2.16. The van der Waals surface area contributed by atoms with Crippen LogP contribution in [0.4, 0.5) is 0 Å². The van der Waals surface area contributed by atoms with Crippen LogP contribution >= 0.6 is 0 Å². The first-order valence-corrected chi connectivity index (χ1v) is 6.10. The summed E-state index contributed by atoms with van der Waals surface area (Å²) >= 11 is 0. The summed E-state index contributed by atoms with van der Waals surface area (Å²) in [6, 6.07) is 0. The molecule has 16 heavy (non-hydrogen) atoms. The van der Waals surface area contributed by atoms with Gasteiger partial charge in [-0.15, -0.1) is 0 Å². The Morgan fingerprint density at radius 3 is 3.00 bits per heavy atom. The maximum absolute atomic E-state index is 9.54. The van der Waals surface area contributed by atoms with Gasteiger partial charge in [-0.1, -0.05) is 0 Å². The zero-order chi connectivity index (χ0) is 11.5. The minimum atomic E-state index is -0.177. The van der Waals surface area contributed by atoms with E-state index in [1.807, 2.05) is 17.8 Å². The van der Waals surface area contributed by atoms with Gasteiger partial charge in [0.25, 0.3) is 0 Å². The third kappa shape index (κ3) is 2.62. The summed E-state index contributed by atoms with van der Waals surface area (Å²) in [5, 5.41) is 13.8. The van der Waals surface area contributed by atoms with Crippen molar-refractivity contribution in [2.45, 2.75) is 39.5 Å². The number of nitrogens with zero attached hydrogens (tertiary/aromatic N) is 3. The zero-order valence-electron chi connectivity index (χ0n) is 10.1. The number of aryl methyl sites for hydroxylation is 1. The Morgan fingerprint density at radius 2 is 2.44 bits per heavy atom. The van der Waals surface area contributed by atoms with E-state index in [1.54, 1.807) is 0 Å². The van der Waals surface area contributed by atoms with Crippen molar-refractivity contribution in [3.8, 4) is 0 Å². The van der Waals surface area contributed by atoms with Gasteiger partial charge in [0, 0.05) is 31.4 Å². The van der Waals surface area contributed by atoms with Crippen LogP contribution < -0.4 is 0 Å². The molecule has 1 N–H and O–H groups in total. The molecule has 1 saturated heterocycles. The Kier molecular flexibility index (Phi) is 3.61. The summed E-state index contributed by atoms with van der Waals surface area (Å²) in [6.07, 6.45) is 4.98. The van der Waals surface area contributed by atoms with Gasteiger partial charge in [0.1, 0.15) is 0 Å². The van der Waals surface area contributed by atoms with Gasteiger partial charge in [-0.25, -0.2) is 0 Å². The van der Waals surface area contributed by atoms with Gasteiger partial charge >= 0.3 is 0 Å². The monoisotopic (exact) mass is 223 g/mol. The van der Waals surface area contributed by atoms with Gasteiger partial charge < -0.3 is 5.11 Å². The van der Waals surface area contributed by atoms with E-state index in [0.29, 0.717) is 5.92 Å². The Hall–Kier alpha value is -0.870. The van der Waals surface area contributed by atoms with Gasteiger partial charge in [-0.2, -0.15) is 5.10 Å². The van der Waals surface area contributed by atoms with Crippen LogP contribution in [0.1, 0.15) is 25.8 Å². The highest BCUT2D eigenvalue weighted by atomic mass is 16.3. The molecule has 4 nitrogen and oxygen atoms in total. The number of likely N-dealkylation sites (tertiary alicyclic amines) is 1. The Bertz CT molecular complexity index is 335. The molecule has 0 spiro atoms. The fraction of sp³-hybridized carbons (Fsp3) is 0.750. The highest BCUT2D eigenvalue weighted by Crippen LogP contribution is 2.21. The van der Waals surface area contributed by atoms with Crippen molar-refractivity contribution in [2.75, 3.05) is 13.1 Å². The molecule has 1 aromatic heterocycles. The maximum Gasteiger partial charge on any atom is 0.0552 e. The van der Waals surface area contributed by atoms with E-state index in [9.17, 15) is 5.11 Å². The topological polar surface area (TPSA) is 41.3 Å². The predicted octanol–water partition coefficient (Wildman–Crippen LogP) is 1.11. The lowest BCUT2D eigenvalue weighted by molar-refractivity contribution is 0.127. The third-order valence-corrected chi connectivity index (χ3v) is 3.41. The third-order valence-electron chi connectivity index (χ3n) is 3.41. The number of aliphatic hydroxyl groups excluding tert-OH is 1. The molecule has 90 valence electrons. The second-order valence-electron chi connectivity index (χ2n) is 4.73. The van der Waals surface area contributed by atoms with E-state index in [-0.39, 0.29) is 6.10 Å². The molecule has 1 fully saturated rings. The van der Waals surface area contributed by atoms with Gasteiger partial charge in [0.15, 0.2) is 0 Å². The van der Waals surface area contributed by atoms with Crippen molar-refractivity contribution < 1.29 is 5.11 Å². The summed E-state index contributed by atoms with van der Waals surface area (Å²) in [4.78, 5) is 2.40. The number of rotatable bonds is 4. The highest BCUT2D eigenvalue weighted by molar-refractivity contribution is 5.04. The standard InChI is InChI=1S/C12H21N3O/c1-3-15-8-11(6-13-15)7-14-5-4-12(9-14)10(2)16/h6,8,10,12,16H,3-5,7,9H2,1-2H3. The zero-order valence-corrected chi connectivity index (χ0v) is 10.1. The second-order valence-corrected chi connectivity index (χ2v) is 4.73. The van der Waals surface area contributed by atoms with Crippen molar-refractivity contribution in [2.24, 2.45) is 5.92 Å². The van der Waals surface area contributed by atoms with Crippen LogP contribution in [0.15, 0.2) is 12.4 Å². The van der Waals surface area contributed by atoms with Crippen LogP contribution in [0, 0.1) is 5.92 Å². The molecule has 1 aliphatic rings. The lowest BCUT2D eigenvalue weighted by Crippen LogP contribution is -2.23. The number of aromatic nitrogens is 2. The molecule has 0 aliphatic carbocycles. The van der Waals surface area contributed by atoms with E-state index in [1.165, 1.54) is 5.56 Å². The molecule has 2 rings (SSSR count). The van der Waals surface area contributed by atoms with Crippen LogP contribution in [-0.2, 0) is 13.1 Å². The van der Waals surface area contributed by atoms with Crippen LogP contribution in [-0.4, -0.2) is 39.0 Å². The smallest absolute Gasteiger partial charge is 0.0552 e. The normalized spacial score (nSPS) is 23.8. The van der Waals surface area contributed by atoms with E-state index in [4.69, 9.17) is 0 Å². The van der Waals surface area contributed by atoms with E-state index in [0.717, 1.165) is 32.6 Å². The van der Waals surface area contributed by atoms with Crippen molar-refractivity contribution in [3.05, 3.63) is 18.0 Å². The summed E-state index contributed by atoms with van der Waals surface area (Å²) in [5.41, 5.74) is 1.27. The first-order valence-electron chi connectivity index (χ1n) is 6.10. The molecule has 2 unspecified atom stereocenters. The Morgan fingerprint density at radius 1 is 1.62 bits per heavy atom. The van der Waals surface area contributed by atoms with Crippen LogP contribution in [0.25, 0.3) is 0 Å². The van der Waals surface area contributed by atoms with Crippen molar-refractivity contribution in [3.63, 3.8) is 0 Å². The summed E-state index contributed by atoms with van der Waals surface area (Å²) in [5.74, 6) is 0.446. The largest absolute Gasteiger partial charge is 0.393 e. The molecule has 1 aromatic rings. The minimum absolute atomic E-state index is 0.177. The predicted molar refractivity (Wildman–Crippen MR) is 63.0 cm³/mol. The molecule has 4 heteroatoms. The summed E-state index contributed by atoms with van der Waals surface area (Å²) in [6.45, 7) is 7.97.